The second-order valence-corrected chi connectivity index (χ2v) is 2.61. The average molecular weight is 131 g/mol. The van der Waals surface area contributed by atoms with Crippen LogP contribution in [0.5, 0.6) is 0 Å². The van der Waals surface area contributed by atoms with Crippen molar-refractivity contribution in [2.45, 2.75) is 32.3 Å². The highest BCUT2D eigenvalue weighted by atomic mass is 16.5. The molecule has 0 saturated carbocycles. The molecule has 2 N–H and O–H groups in total. The van der Waals surface area contributed by atoms with Gasteiger partial charge in [-0.25, -0.2) is 0 Å². The summed E-state index contributed by atoms with van der Waals surface area (Å²) in [6, 6.07) is 0. The van der Waals surface area contributed by atoms with E-state index >= 15 is 0 Å². The third-order valence-corrected chi connectivity index (χ3v) is 1.70. The second kappa shape index (κ2) is 3.85. The molecule has 0 unspecified atom stereocenters. The zero-order valence-electron chi connectivity index (χ0n) is 6.61. The van der Waals surface area contributed by atoms with Crippen molar-refractivity contribution in [3.05, 3.63) is 0 Å². The third kappa shape index (κ3) is 2.82. The van der Waals surface area contributed by atoms with Gasteiger partial charge in [-0.1, -0.05) is 13.3 Å². The van der Waals surface area contributed by atoms with Crippen molar-refractivity contribution in [3.8, 4) is 0 Å². The molecule has 0 spiro atoms. The van der Waals surface area contributed by atoms with Crippen LogP contribution in [0.25, 0.3) is 0 Å². The van der Waals surface area contributed by atoms with Crippen LogP contribution in [0.2, 0.25) is 0 Å². The first-order chi connectivity index (χ1) is 4.18. The van der Waals surface area contributed by atoms with E-state index in [9.17, 15) is 0 Å². The van der Waals surface area contributed by atoms with Crippen molar-refractivity contribution in [3.63, 3.8) is 0 Å². The molecular weight excluding hydrogens is 114 g/mol. The zero-order chi connectivity index (χ0) is 7.33. The number of ether oxygens (including phenoxy) is 1. The average Bonchev–Trinajstić information content (AvgIpc) is 1.89. The monoisotopic (exact) mass is 131 g/mol. The molecule has 0 radical (unpaired) electrons. The molecule has 0 aromatic rings. The van der Waals surface area contributed by atoms with Gasteiger partial charge in [0.1, 0.15) is 0 Å². The summed E-state index contributed by atoms with van der Waals surface area (Å²) in [7, 11) is 1.71. The van der Waals surface area contributed by atoms with Crippen molar-refractivity contribution >= 4 is 0 Å². The Hall–Kier alpha value is -0.0800. The van der Waals surface area contributed by atoms with Crippen LogP contribution in [-0.4, -0.2) is 19.3 Å². The standard InChI is InChI=1S/C7H17NO/c1-4-5-7(2,6-8)9-3/h4-6,8H2,1-3H3/t7-/m0/s1. The van der Waals surface area contributed by atoms with Gasteiger partial charge in [-0.05, 0) is 13.3 Å². The molecular formula is C7H17NO. The maximum absolute atomic E-state index is 5.48. The number of hydrogen-bond acceptors (Lipinski definition) is 2. The summed E-state index contributed by atoms with van der Waals surface area (Å²) in [5, 5.41) is 0. The van der Waals surface area contributed by atoms with E-state index < -0.39 is 0 Å². The topological polar surface area (TPSA) is 35.2 Å². The lowest BCUT2D eigenvalue weighted by molar-refractivity contribution is 0.00624. The minimum atomic E-state index is -0.0885. The first kappa shape index (κ1) is 8.92. The second-order valence-electron chi connectivity index (χ2n) is 2.61. The molecule has 0 rings (SSSR count). The van der Waals surface area contributed by atoms with Gasteiger partial charge < -0.3 is 10.5 Å². The Kier molecular flexibility index (Phi) is 3.82. The van der Waals surface area contributed by atoms with Crippen LogP contribution < -0.4 is 5.73 Å². The van der Waals surface area contributed by atoms with Gasteiger partial charge in [-0.15, -0.1) is 0 Å². The normalized spacial score (nSPS) is 17.3. The van der Waals surface area contributed by atoms with Gasteiger partial charge >= 0.3 is 0 Å². The van der Waals surface area contributed by atoms with Crippen LogP contribution in [0.15, 0.2) is 0 Å². The Balaban J connectivity index is 3.62. The van der Waals surface area contributed by atoms with E-state index in [2.05, 4.69) is 6.92 Å². The Morgan fingerprint density at radius 1 is 1.56 bits per heavy atom. The van der Waals surface area contributed by atoms with Gasteiger partial charge in [0.05, 0.1) is 5.60 Å². The molecule has 0 aliphatic rings. The summed E-state index contributed by atoms with van der Waals surface area (Å²) < 4.78 is 5.20. The number of methoxy groups -OCH3 is 1. The van der Waals surface area contributed by atoms with E-state index in [-0.39, 0.29) is 5.60 Å². The lowest BCUT2D eigenvalue weighted by Crippen LogP contribution is -2.36. The third-order valence-electron chi connectivity index (χ3n) is 1.70. The molecule has 2 nitrogen and oxygen atoms in total. The predicted octanol–water partition coefficient (Wildman–Crippen LogP) is 1.15. The maximum atomic E-state index is 5.48. The highest BCUT2D eigenvalue weighted by molar-refractivity contribution is 4.74. The Labute approximate surface area is 57.4 Å². The van der Waals surface area contributed by atoms with Crippen LogP contribution in [-0.2, 0) is 4.74 Å². The molecule has 0 aliphatic carbocycles. The number of hydrogen-bond donors (Lipinski definition) is 1. The Morgan fingerprint density at radius 3 is 2.22 bits per heavy atom. The molecule has 0 amide bonds. The summed E-state index contributed by atoms with van der Waals surface area (Å²) >= 11 is 0. The lowest BCUT2D eigenvalue weighted by Gasteiger charge is -2.25. The fourth-order valence-electron chi connectivity index (χ4n) is 0.816. The molecule has 0 aliphatic heterocycles. The molecule has 1 atom stereocenters. The van der Waals surface area contributed by atoms with Crippen LogP contribution in [0.1, 0.15) is 26.7 Å². The molecule has 2 heteroatoms. The zero-order valence-corrected chi connectivity index (χ0v) is 6.61. The summed E-state index contributed by atoms with van der Waals surface area (Å²) in [6.07, 6.45) is 2.17. The molecule has 0 aromatic carbocycles. The van der Waals surface area contributed by atoms with Crippen molar-refractivity contribution < 1.29 is 4.74 Å². The quantitative estimate of drug-likeness (QED) is 0.621. The fourth-order valence-corrected chi connectivity index (χ4v) is 0.816. The van der Waals surface area contributed by atoms with Crippen molar-refractivity contribution in [2.24, 2.45) is 5.73 Å². The van der Waals surface area contributed by atoms with E-state index in [1.165, 1.54) is 0 Å². The molecule has 0 fully saturated rings. The van der Waals surface area contributed by atoms with Gasteiger partial charge in [0.15, 0.2) is 0 Å². The van der Waals surface area contributed by atoms with Gasteiger partial charge in [0, 0.05) is 13.7 Å². The highest BCUT2D eigenvalue weighted by Gasteiger charge is 2.19. The molecule has 0 saturated heterocycles. The molecule has 0 heterocycles. The van der Waals surface area contributed by atoms with E-state index in [1.807, 2.05) is 6.92 Å². The molecule has 0 aromatic heterocycles. The Morgan fingerprint density at radius 2 is 2.11 bits per heavy atom. The highest BCUT2D eigenvalue weighted by Crippen LogP contribution is 2.13. The minimum absolute atomic E-state index is 0.0885. The number of nitrogens with two attached hydrogens (primary N) is 1. The van der Waals surface area contributed by atoms with Crippen molar-refractivity contribution in [1.29, 1.82) is 0 Å². The van der Waals surface area contributed by atoms with E-state index in [0.29, 0.717) is 6.54 Å². The van der Waals surface area contributed by atoms with Crippen LogP contribution >= 0.6 is 0 Å². The molecule has 56 valence electrons. The van der Waals surface area contributed by atoms with Gasteiger partial charge in [-0.2, -0.15) is 0 Å². The first-order valence-corrected chi connectivity index (χ1v) is 3.43. The largest absolute Gasteiger partial charge is 0.377 e. The first-order valence-electron chi connectivity index (χ1n) is 3.43. The van der Waals surface area contributed by atoms with Crippen LogP contribution in [0, 0.1) is 0 Å². The van der Waals surface area contributed by atoms with Crippen LogP contribution in [0.4, 0.5) is 0 Å². The van der Waals surface area contributed by atoms with E-state index in [1.54, 1.807) is 7.11 Å². The predicted molar refractivity (Wildman–Crippen MR) is 39.4 cm³/mol. The summed E-state index contributed by atoms with van der Waals surface area (Å²) in [5.41, 5.74) is 5.39. The summed E-state index contributed by atoms with van der Waals surface area (Å²) in [5.74, 6) is 0. The van der Waals surface area contributed by atoms with E-state index in [0.717, 1.165) is 12.8 Å². The summed E-state index contributed by atoms with van der Waals surface area (Å²) in [4.78, 5) is 0. The van der Waals surface area contributed by atoms with Gasteiger partial charge in [0.2, 0.25) is 0 Å². The number of rotatable bonds is 4. The molecule has 0 bridgehead atoms. The van der Waals surface area contributed by atoms with Gasteiger partial charge in [-0.3, -0.25) is 0 Å². The minimum Gasteiger partial charge on any atom is -0.377 e. The Bertz CT molecular complexity index is 69.3. The lowest BCUT2D eigenvalue weighted by atomic mass is 10.0. The fraction of sp³-hybridized carbons (Fsp3) is 1.00. The smallest absolute Gasteiger partial charge is 0.0772 e. The van der Waals surface area contributed by atoms with Crippen molar-refractivity contribution in [1.82, 2.24) is 0 Å². The van der Waals surface area contributed by atoms with Gasteiger partial charge in [0.25, 0.3) is 0 Å². The van der Waals surface area contributed by atoms with Crippen LogP contribution in [0.3, 0.4) is 0 Å². The summed E-state index contributed by atoms with van der Waals surface area (Å²) in [6.45, 7) is 4.78. The SMILES string of the molecule is CCC[C@@](C)(CN)OC. The van der Waals surface area contributed by atoms with Crippen molar-refractivity contribution in [2.75, 3.05) is 13.7 Å². The molecule has 9 heavy (non-hydrogen) atoms. The maximum Gasteiger partial charge on any atom is 0.0772 e. The van der Waals surface area contributed by atoms with E-state index in [4.69, 9.17) is 10.5 Å².